The average molecular weight is 446 g/mol. The highest BCUT2D eigenvalue weighted by atomic mass is 35.5. The molecule has 2 aromatic rings. The summed E-state index contributed by atoms with van der Waals surface area (Å²) in [5, 5.41) is 2.15. The second kappa shape index (κ2) is 10.7. The van der Waals surface area contributed by atoms with Crippen molar-refractivity contribution in [1.29, 1.82) is 0 Å². The Balaban J connectivity index is 0.00000140. The van der Waals surface area contributed by atoms with Gasteiger partial charge in [0.2, 0.25) is 0 Å². The van der Waals surface area contributed by atoms with Gasteiger partial charge in [-0.25, -0.2) is 9.97 Å². The Kier molecular flexibility index (Phi) is 8.92. The first-order chi connectivity index (χ1) is 12.7. The predicted molar refractivity (Wildman–Crippen MR) is 119 cm³/mol. The van der Waals surface area contributed by atoms with Crippen LogP contribution in [0.2, 0.25) is 0 Å². The summed E-state index contributed by atoms with van der Waals surface area (Å²) in [6, 6.07) is 6.84. The molecule has 0 radical (unpaired) electrons. The maximum absolute atomic E-state index is 5.97. The van der Waals surface area contributed by atoms with Crippen molar-refractivity contribution in [3.8, 4) is 0 Å². The van der Waals surface area contributed by atoms with E-state index in [1.54, 1.807) is 7.11 Å². The fourth-order valence-electron chi connectivity index (χ4n) is 3.73. The zero-order chi connectivity index (χ0) is 17.9. The van der Waals surface area contributed by atoms with Crippen LogP contribution in [0.15, 0.2) is 23.6 Å². The third-order valence-corrected chi connectivity index (χ3v) is 6.16. The van der Waals surface area contributed by atoms with Crippen molar-refractivity contribution in [1.82, 2.24) is 14.9 Å². The summed E-state index contributed by atoms with van der Waals surface area (Å²) >= 11 is 1.84. The molecule has 0 aromatic carbocycles. The molecule has 1 aliphatic heterocycles. The lowest BCUT2D eigenvalue weighted by molar-refractivity contribution is 0.177. The van der Waals surface area contributed by atoms with E-state index in [9.17, 15) is 0 Å². The van der Waals surface area contributed by atoms with Crippen LogP contribution >= 0.6 is 36.2 Å². The van der Waals surface area contributed by atoms with Crippen molar-refractivity contribution in [2.24, 2.45) is 5.73 Å². The summed E-state index contributed by atoms with van der Waals surface area (Å²) in [6.07, 6.45) is 2.05. The molecule has 156 valence electrons. The zero-order valence-corrected chi connectivity index (χ0v) is 18.6. The van der Waals surface area contributed by atoms with E-state index in [4.69, 9.17) is 20.4 Å². The molecular weight excluding hydrogens is 417 g/mol. The van der Waals surface area contributed by atoms with Crippen LogP contribution in [0.4, 0.5) is 5.82 Å². The number of hydrogen-bond acceptors (Lipinski definition) is 7. The molecule has 1 aliphatic carbocycles. The molecule has 1 saturated carbocycles. The van der Waals surface area contributed by atoms with E-state index in [1.165, 1.54) is 4.88 Å². The molecule has 28 heavy (non-hydrogen) atoms. The summed E-state index contributed by atoms with van der Waals surface area (Å²) in [4.78, 5) is 15.8. The van der Waals surface area contributed by atoms with Gasteiger partial charge in [-0.05, 0) is 24.3 Å². The molecule has 0 bridgehead atoms. The van der Waals surface area contributed by atoms with E-state index in [0.29, 0.717) is 18.6 Å². The van der Waals surface area contributed by atoms with E-state index >= 15 is 0 Å². The molecule has 2 N–H and O–H groups in total. The Hall–Kier alpha value is -0.960. The first-order valence-corrected chi connectivity index (χ1v) is 10.2. The van der Waals surface area contributed by atoms with E-state index in [-0.39, 0.29) is 24.8 Å². The fraction of sp³-hybridized carbons (Fsp3) is 0.579. The molecule has 4 rings (SSSR count). The first-order valence-electron chi connectivity index (χ1n) is 9.33. The summed E-state index contributed by atoms with van der Waals surface area (Å²) in [7, 11) is 1.69. The van der Waals surface area contributed by atoms with Gasteiger partial charge in [0.25, 0.3) is 0 Å². The molecule has 3 heterocycles. The van der Waals surface area contributed by atoms with Gasteiger partial charge in [0.05, 0.1) is 0 Å². The number of ether oxygens (including phenoxy) is 1. The predicted octanol–water partition coefficient (Wildman–Crippen LogP) is 3.06. The summed E-state index contributed by atoms with van der Waals surface area (Å²) in [5.74, 6) is 2.29. The molecule has 9 heteroatoms. The maximum Gasteiger partial charge on any atom is 0.156 e. The standard InChI is InChI=1S/C19H27N5OS.2ClH/c1-25-13-18-21-17(14-9-15(20)10-14)11-19(22-18)24-6-4-23(5-7-24)12-16-3-2-8-26-16;;/h2-3,8,11,14-15H,4-7,9-10,12-13,20H2,1H3;2*1H. The third-order valence-electron chi connectivity index (χ3n) is 5.30. The van der Waals surface area contributed by atoms with Crippen molar-refractivity contribution in [2.45, 2.75) is 38.0 Å². The van der Waals surface area contributed by atoms with Gasteiger partial charge in [0, 0.05) is 68.4 Å². The number of halogens is 2. The zero-order valence-electron chi connectivity index (χ0n) is 16.1. The van der Waals surface area contributed by atoms with Gasteiger partial charge in [-0.3, -0.25) is 4.90 Å². The van der Waals surface area contributed by atoms with E-state index in [1.807, 2.05) is 11.3 Å². The monoisotopic (exact) mass is 445 g/mol. The Morgan fingerprint density at radius 2 is 1.93 bits per heavy atom. The molecule has 2 fully saturated rings. The first kappa shape index (κ1) is 23.3. The second-order valence-corrected chi connectivity index (χ2v) is 8.30. The Bertz CT molecular complexity index is 719. The van der Waals surface area contributed by atoms with Gasteiger partial charge in [-0.1, -0.05) is 6.07 Å². The number of piperazine rings is 1. The molecule has 2 aliphatic rings. The molecule has 2 aromatic heterocycles. The van der Waals surface area contributed by atoms with Gasteiger partial charge < -0.3 is 15.4 Å². The summed E-state index contributed by atoms with van der Waals surface area (Å²) in [6.45, 7) is 5.63. The van der Waals surface area contributed by atoms with Gasteiger partial charge in [-0.15, -0.1) is 36.2 Å². The molecule has 0 amide bonds. The minimum Gasteiger partial charge on any atom is -0.377 e. The highest BCUT2D eigenvalue weighted by Gasteiger charge is 2.30. The van der Waals surface area contributed by atoms with Crippen LogP contribution in [0.25, 0.3) is 0 Å². The van der Waals surface area contributed by atoms with Crippen molar-refractivity contribution in [3.63, 3.8) is 0 Å². The highest BCUT2D eigenvalue weighted by molar-refractivity contribution is 7.09. The Morgan fingerprint density at radius 1 is 1.18 bits per heavy atom. The van der Waals surface area contributed by atoms with Crippen LogP contribution in [-0.4, -0.2) is 54.2 Å². The maximum atomic E-state index is 5.97. The molecule has 6 nitrogen and oxygen atoms in total. The SMILES string of the molecule is COCc1nc(C2CC(N)C2)cc(N2CCN(Cc3cccs3)CC2)n1.Cl.Cl. The molecule has 0 atom stereocenters. The minimum atomic E-state index is 0. The Morgan fingerprint density at radius 3 is 2.54 bits per heavy atom. The fourth-order valence-corrected chi connectivity index (χ4v) is 4.48. The highest BCUT2D eigenvalue weighted by Crippen LogP contribution is 2.35. The number of nitrogens with zero attached hydrogens (tertiary/aromatic N) is 4. The largest absolute Gasteiger partial charge is 0.377 e. The number of anilines is 1. The van der Waals surface area contributed by atoms with Crippen LogP contribution in [0.5, 0.6) is 0 Å². The third kappa shape index (κ3) is 5.55. The van der Waals surface area contributed by atoms with Crippen molar-refractivity contribution >= 4 is 42.0 Å². The average Bonchev–Trinajstić information content (AvgIpc) is 3.13. The van der Waals surface area contributed by atoms with E-state index in [2.05, 4.69) is 33.4 Å². The van der Waals surface area contributed by atoms with Crippen molar-refractivity contribution in [2.75, 3.05) is 38.2 Å². The molecule has 0 spiro atoms. The number of nitrogens with two attached hydrogens (primary N) is 1. The van der Waals surface area contributed by atoms with Crippen LogP contribution in [-0.2, 0) is 17.9 Å². The number of aromatic nitrogens is 2. The number of hydrogen-bond donors (Lipinski definition) is 1. The van der Waals surface area contributed by atoms with Crippen molar-refractivity contribution in [3.05, 3.63) is 40.0 Å². The number of rotatable bonds is 6. The van der Waals surface area contributed by atoms with Gasteiger partial charge in [0.1, 0.15) is 12.4 Å². The van der Waals surface area contributed by atoms with Gasteiger partial charge in [-0.2, -0.15) is 0 Å². The van der Waals surface area contributed by atoms with Crippen LogP contribution in [0.3, 0.4) is 0 Å². The smallest absolute Gasteiger partial charge is 0.156 e. The topological polar surface area (TPSA) is 67.5 Å². The Labute approximate surface area is 183 Å². The number of thiophene rings is 1. The lowest BCUT2D eigenvalue weighted by atomic mass is 9.78. The second-order valence-electron chi connectivity index (χ2n) is 7.27. The number of methoxy groups -OCH3 is 1. The van der Waals surface area contributed by atoms with Crippen LogP contribution in [0.1, 0.15) is 35.2 Å². The van der Waals surface area contributed by atoms with Crippen LogP contribution < -0.4 is 10.6 Å². The van der Waals surface area contributed by atoms with E-state index < -0.39 is 0 Å². The quantitative estimate of drug-likeness (QED) is 0.736. The van der Waals surface area contributed by atoms with Gasteiger partial charge in [0.15, 0.2) is 5.82 Å². The van der Waals surface area contributed by atoms with E-state index in [0.717, 1.165) is 62.9 Å². The van der Waals surface area contributed by atoms with Crippen LogP contribution in [0, 0.1) is 0 Å². The normalized spacial score (nSPS) is 22.1. The van der Waals surface area contributed by atoms with Gasteiger partial charge >= 0.3 is 0 Å². The minimum absolute atomic E-state index is 0. The summed E-state index contributed by atoms with van der Waals surface area (Å²) < 4.78 is 5.28. The molecular formula is C19H29Cl2N5OS. The summed E-state index contributed by atoms with van der Waals surface area (Å²) in [5.41, 5.74) is 7.10. The molecule has 0 unspecified atom stereocenters. The lowest BCUT2D eigenvalue weighted by Crippen LogP contribution is -2.46. The van der Waals surface area contributed by atoms with Crippen molar-refractivity contribution < 1.29 is 4.74 Å². The molecule has 1 saturated heterocycles. The lowest BCUT2D eigenvalue weighted by Gasteiger charge is -2.36.